The van der Waals surface area contributed by atoms with Crippen LogP contribution in [0.25, 0.3) is 0 Å². The van der Waals surface area contributed by atoms with E-state index in [2.05, 4.69) is 5.32 Å². The SMILES string of the molecule is Cc1ccc(S(=O)(=O)N2CCCC2C(=O)Nc2cccc(C)c2)cc1. The van der Waals surface area contributed by atoms with Crippen molar-refractivity contribution < 1.29 is 13.2 Å². The Balaban J connectivity index is 1.82. The smallest absolute Gasteiger partial charge is 0.243 e. The summed E-state index contributed by atoms with van der Waals surface area (Å²) in [6.45, 7) is 4.21. The van der Waals surface area contributed by atoms with Gasteiger partial charge in [-0.1, -0.05) is 29.8 Å². The van der Waals surface area contributed by atoms with E-state index in [9.17, 15) is 13.2 Å². The van der Waals surface area contributed by atoms with Gasteiger partial charge in [0.1, 0.15) is 6.04 Å². The second-order valence-corrected chi connectivity index (χ2v) is 8.34. The summed E-state index contributed by atoms with van der Waals surface area (Å²) in [4.78, 5) is 12.9. The molecule has 1 saturated heterocycles. The minimum Gasteiger partial charge on any atom is -0.325 e. The van der Waals surface area contributed by atoms with Crippen LogP contribution in [0.1, 0.15) is 24.0 Å². The number of sulfonamides is 1. The number of nitrogens with one attached hydrogen (secondary N) is 1. The predicted octanol–water partition coefficient (Wildman–Crippen LogP) is 3.10. The van der Waals surface area contributed by atoms with Crippen molar-refractivity contribution in [3.05, 3.63) is 59.7 Å². The number of carbonyl (C=O) groups is 1. The topological polar surface area (TPSA) is 66.5 Å². The first-order chi connectivity index (χ1) is 11.9. The van der Waals surface area contributed by atoms with Crippen molar-refractivity contribution in [3.63, 3.8) is 0 Å². The van der Waals surface area contributed by atoms with E-state index >= 15 is 0 Å². The van der Waals surface area contributed by atoms with E-state index in [1.54, 1.807) is 30.3 Å². The van der Waals surface area contributed by atoms with Crippen LogP contribution in [0.2, 0.25) is 0 Å². The van der Waals surface area contributed by atoms with Crippen LogP contribution in [-0.4, -0.2) is 31.2 Å². The molecule has 0 saturated carbocycles. The highest BCUT2D eigenvalue weighted by Gasteiger charge is 2.39. The maximum atomic E-state index is 12.9. The molecule has 1 unspecified atom stereocenters. The summed E-state index contributed by atoms with van der Waals surface area (Å²) in [7, 11) is -3.68. The fourth-order valence-corrected chi connectivity index (χ4v) is 4.74. The van der Waals surface area contributed by atoms with E-state index in [-0.39, 0.29) is 10.8 Å². The third kappa shape index (κ3) is 3.75. The van der Waals surface area contributed by atoms with E-state index in [0.717, 1.165) is 11.1 Å². The van der Waals surface area contributed by atoms with Gasteiger partial charge in [-0.3, -0.25) is 4.79 Å². The van der Waals surface area contributed by atoms with E-state index < -0.39 is 16.1 Å². The standard InChI is InChI=1S/C19H22N2O3S/c1-14-8-10-17(11-9-14)25(23,24)21-12-4-7-18(21)19(22)20-16-6-3-5-15(2)13-16/h3,5-6,8-11,13,18H,4,7,12H2,1-2H3,(H,20,22). The minimum absolute atomic E-state index is 0.230. The van der Waals surface area contributed by atoms with Crippen molar-refractivity contribution in [3.8, 4) is 0 Å². The summed E-state index contributed by atoms with van der Waals surface area (Å²) < 4.78 is 27.1. The molecule has 0 aromatic heterocycles. The molecule has 1 heterocycles. The lowest BCUT2D eigenvalue weighted by atomic mass is 10.2. The molecule has 1 fully saturated rings. The molecule has 25 heavy (non-hydrogen) atoms. The van der Waals surface area contributed by atoms with Crippen molar-refractivity contribution in [2.45, 2.75) is 37.6 Å². The molecule has 0 spiro atoms. The highest BCUT2D eigenvalue weighted by atomic mass is 32.2. The van der Waals surface area contributed by atoms with Gasteiger partial charge in [0.05, 0.1) is 4.90 Å². The van der Waals surface area contributed by atoms with Crippen molar-refractivity contribution in [1.82, 2.24) is 4.31 Å². The Morgan fingerprint density at radius 3 is 2.48 bits per heavy atom. The predicted molar refractivity (Wildman–Crippen MR) is 97.9 cm³/mol. The summed E-state index contributed by atoms with van der Waals surface area (Å²) in [5.74, 6) is -0.279. The number of aryl methyl sites for hydroxylation is 2. The summed E-state index contributed by atoms with van der Waals surface area (Å²) in [6, 6.07) is 13.5. The molecule has 0 bridgehead atoms. The quantitative estimate of drug-likeness (QED) is 0.913. The summed E-state index contributed by atoms with van der Waals surface area (Å²) >= 11 is 0. The Bertz CT molecular complexity index is 876. The minimum atomic E-state index is -3.68. The van der Waals surface area contributed by atoms with Crippen molar-refractivity contribution in [1.29, 1.82) is 0 Å². The Labute approximate surface area is 148 Å². The van der Waals surface area contributed by atoms with Gasteiger partial charge in [-0.05, 0) is 56.5 Å². The molecule has 0 aliphatic carbocycles. The zero-order valence-electron chi connectivity index (χ0n) is 14.4. The van der Waals surface area contributed by atoms with Gasteiger partial charge >= 0.3 is 0 Å². The molecule has 0 radical (unpaired) electrons. The van der Waals surface area contributed by atoms with Crippen molar-refractivity contribution in [2.75, 3.05) is 11.9 Å². The molecule has 6 heteroatoms. The van der Waals surface area contributed by atoms with Gasteiger partial charge in [0.25, 0.3) is 0 Å². The van der Waals surface area contributed by atoms with Crippen LogP contribution in [0.15, 0.2) is 53.4 Å². The van der Waals surface area contributed by atoms with Crippen LogP contribution >= 0.6 is 0 Å². The van der Waals surface area contributed by atoms with Gasteiger partial charge < -0.3 is 5.32 Å². The Hall–Kier alpha value is -2.18. The molecular formula is C19H22N2O3S. The lowest BCUT2D eigenvalue weighted by Crippen LogP contribution is -2.43. The summed E-state index contributed by atoms with van der Waals surface area (Å²) in [5, 5.41) is 2.84. The molecule has 2 aromatic carbocycles. The average molecular weight is 358 g/mol. The number of hydrogen-bond acceptors (Lipinski definition) is 3. The maximum absolute atomic E-state index is 12.9. The van der Waals surface area contributed by atoms with Crippen LogP contribution in [0.4, 0.5) is 5.69 Å². The van der Waals surface area contributed by atoms with Crippen molar-refractivity contribution >= 4 is 21.6 Å². The van der Waals surface area contributed by atoms with Gasteiger partial charge in [0.15, 0.2) is 0 Å². The molecule has 1 atom stereocenters. The molecule has 2 aromatic rings. The Morgan fingerprint density at radius 1 is 1.08 bits per heavy atom. The Kier molecular flexibility index (Phi) is 4.92. The first kappa shape index (κ1) is 17.6. The van der Waals surface area contributed by atoms with E-state index in [0.29, 0.717) is 25.1 Å². The van der Waals surface area contributed by atoms with Gasteiger partial charge in [0, 0.05) is 12.2 Å². The molecule has 1 amide bonds. The molecule has 3 rings (SSSR count). The number of rotatable bonds is 4. The summed E-state index contributed by atoms with van der Waals surface area (Å²) in [6.07, 6.45) is 1.21. The number of anilines is 1. The molecule has 5 nitrogen and oxygen atoms in total. The first-order valence-corrected chi connectivity index (χ1v) is 9.78. The second kappa shape index (κ2) is 6.98. The Morgan fingerprint density at radius 2 is 1.80 bits per heavy atom. The highest BCUT2D eigenvalue weighted by molar-refractivity contribution is 7.89. The molecule has 132 valence electrons. The highest BCUT2D eigenvalue weighted by Crippen LogP contribution is 2.27. The zero-order valence-corrected chi connectivity index (χ0v) is 15.2. The van der Waals surface area contributed by atoms with Crippen LogP contribution < -0.4 is 5.32 Å². The first-order valence-electron chi connectivity index (χ1n) is 8.34. The number of hydrogen-bond donors (Lipinski definition) is 1. The monoisotopic (exact) mass is 358 g/mol. The zero-order chi connectivity index (χ0) is 18.0. The average Bonchev–Trinajstić information content (AvgIpc) is 3.06. The third-order valence-electron chi connectivity index (χ3n) is 4.42. The van der Waals surface area contributed by atoms with Gasteiger partial charge in [-0.15, -0.1) is 0 Å². The second-order valence-electron chi connectivity index (χ2n) is 6.45. The maximum Gasteiger partial charge on any atom is 0.243 e. The van der Waals surface area contributed by atoms with E-state index in [1.807, 2.05) is 32.0 Å². The van der Waals surface area contributed by atoms with Crippen LogP contribution in [0.5, 0.6) is 0 Å². The van der Waals surface area contributed by atoms with E-state index in [4.69, 9.17) is 0 Å². The molecule has 1 aliphatic rings. The molecule has 1 aliphatic heterocycles. The normalized spacial score (nSPS) is 18.2. The van der Waals surface area contributed by atoms with Crippen molar-refractivity contribution in [2.24, 2.45) is 0 Å². The largest absolute Gasteiger partial charge is 0.325 e. The van der Waals surface area contributed by atoms with Gasteiger partial charge in [0.2, 0.25) is 15.9 Å². The number of amides is 1. The summed E-state index contributed by atoms with van der Waals surface area (Å²) in [5.41, 5.74) is 2.71. The number of carbonyl (C=O) groups excluding carboxylic acids is 1. The fourth-order valence-electron chi connectivity index (χ4n) is 3.08. The number of benzene rings is 2. The molecule has 1 N–H and O–H groups in total. The van der Waals surface area contributed by atoms with Crippen LogP contribution in [-0.2, 0) is 14.8 Å². The van der Waals surface area contributed by atoms with Crippen LogP contribution in [0.3, 0.4) is 0 Å². The molecular weight excluding hydrogens is 336 g/mol. The van der Waals surface area contributed by atoms with Gasteiger partial charge in [-0.25, -0.2) is 8.42 Å². The third-order valence-corrected chi connectivity index (χ3v) is 6.34. The fraction of sp³-hybridized carbons (Fsp3) is 0.316. The van der Waals surface area contributed by atoms with Gasteiger partial charge in [-0.2, -0.15) is 4.31 Å². The van der Waals surface area contributed by atoms with Crippen LogP contribution in [0, 0.1) is 13.8 Å². The number of nitrogens with zero attached hydrogens (tertiary/aromatic N) is 1. The lowest BCUT2D eigenvalue weighted by Gasteiger charge is -2.23. The lowest BCUT2D eigenvalue weighted by molar-refractivity contribution is -0.119. The van der Waals surface area contributed by atoms with E-state index in [1.165, 1.54) is 4.31 Å².